The number of aryl methyl sites for hydroxylation is 1. The van der Waals surface area contributed by atoms with Crippen molar-refractivity contribution in [2.45, 2.75) is 10.9 Å². The van der Waals surface area contributed by atoms with E-state index in [9.17, 15) is 14.4 Å². The molecule has 0 N–H and O–H groups in total. The third-order valence-electron chi connectivity index (χ3n) is 3.91. The highest BCUT2D eigenvalue weighted by Crippen LogP contribution is 2.25. The maximum absolute atomic E-state index is 12.3. The minimum atomic E-state index is -0.919. The van der Waals surface area contributed by atoms with Crippen molar-refractivity contribution in [3.8, 4) is 0 Å². The first-order chi connectivity index (χ1) is 13.0. The smallest absolute Gasteiger partial charge is 0.399 e. The summed E-state index contributed by atoms with van der Waals surface area (Å²) in [4.78, 5) is 45.9. The number of imidazole rings is 1. The van der Waals surface area contributed by atoms with Crippen LogP contribution >= 0.6 is 11.8 Å². The maximum Gasteiger partial charge on any atom is 0.399 e. The molecule has 3 aromatic rings. The van der Waals surface area contributed by atoms with Gasteiger partial charge in [0.05, 0.1) is 16.9 Å². The third-order valence-corrected chi connectivity index (χ3v) is 4.99. The second-order valence-electron chi connectivity index (χ2n) is 5.70. The van der Waals surface area contributed by atoms with E-state index in [0.29, 0.717) is 16.6 Å². The summed E-state index contributed by atoms with van der Waals surface area (Å²) in [6.45, 7) is 0. The van der Waals surface area contributed by atoms with E-state index in [2.05, 4.69) is 4.98 Å². The fourth-order valence-corrected chi connectivity index (χ4v) is 3.40. The fourth-order valence-electron chi connectivity index (χ4n) is 2.57. The van der Waals surface area contributed by atoms with Crippen LogP contribution in [0.5, 0.6) is 0 Å². The molecule has 8 nitrogen and oxygen atoms in total. The van der Waals surface area contributed by atoms with Crippen molar-refractivity contribution < 1.29 is 23.6 Å². The van der Waals surface area contributed by atoms with E-state index in [4.69, 9.17) is 9.25 Å². The Balaban J connectivity index is 1.42. The molecule has 27 heavy (non-hydrogen) atoms. The molecule has 0 atom stereocenters. The average Bonchev–Trinajstić information content (AvgIpc) is 3.36. The lowest BCUT2D eigenvalue weighted by Gasteiger charge is -2.11. The number of hydroxylamine groups is 2. The molecule has 2 amide bonds. The predicted octanol–water partition coefficient (Wildman–Crippen LogP) is 2.67. The largest absolute Gasteiger partial charge is 0.453 e. The molecule has 1 aliphatic rings. The standard InChI is InChI=1S/C18H13N3O5S/c1-20-9-8-19-18(20)27-10-11-6-7-14(25-11)17(24)26-21-15(22)12-4-2-3-5-13(12)16(21)23/h2-9H,10H2,1H3. The highest BCUT2D eigenvalue weighted by molar-refractivity contribution is 7.98. The molecule has 0 saturated heterocycles. The second kappa shape index (κ2) is 6.76. The molecule has 0 unspecified atom stereocenters. The first-order valence-corrected chi connectivity index (χ1v) is 8.92. The van der Waals surface area contributed by atoms with Crippen molar-refractivity contribution in [2.24, 2.45) is 7.05 Å². The Hall–Kier alpha value is -3.33. The zero-order valence-electron chi connectivity index (χ0n) is 14.1. The molecule has 0 bridgehead atoms. The molecule has 1 aliphatic heterocycles. The number of hydrogen-bond acceptors (Lipinski definition) is 7. The van der Waals surface area contributed by atoms with Gasteiger partial charge in [0.25, 0.3) is 11.8 Å². The summed E-state index contributed by atoms with van der Waals surface area (Å²) in [6.07, 6.45) is 3.52. The highest BCUT2D eigenvalue weighted by Gasteiger charge is 2.39. The van der Waals surface area contributed by atoms with Crippen LogP contribution in [0.4, 0.5) is 0 Å². The van der Waals surface area contributed by atoms with Crippen LogP contribution in [-0.2, 0) is 17.6 Å². The van der Waals surface area contributed by atoms with Crippen molar-refractivity contribution in [3.05, 3.63) is 71.4 Å². The predicted molar refractivity (Wildman–Crippen MR) is 93.8 cm³/mol. The van der Waals surface area contributed by atoms with Gasteiger partial charge >= 0.3 is 5.97 Å². The zero-order valence-corrected chi connectivity index (χ0v) is 14.9. The van der Waals surface area contributed by atoms with E-state index >= 15 is 0 Å². The first-order valence-electron chi connectivity index (χ1n) is 7.93. The molecule has 0 aliphatic carbocycles. The summed E-state index contributed by atoms with van der Waals surface area (Å²) >= 11 is 1.44. The number of amides is 2. The normalized spacial score (nSPS) is 13.1. The number of imide groups is 1. The minimum absolute atomic E-state index is 0.0954. The van der Waals surface area contributed by atoms with Gasteiger partial charge in [-0.1, -0.05) is 29.0 Å². The maximum atomic E-state index is 12.3. The Morgan fingerprint density at radius 2 is 1.85 bits per heavy atom. The van der Waals surface area contributed by atoms with Crippen LogP contribution in [0.15, 0.2) is 58.4 Å². The van der Waals surface area contributed by atoms with Gasteiger partial charge in [0.1, 0.15) is 5.76 Å². The number of thioether (sulfide) groups is 1. The summed E-state index contributed by atoms with van der Waals surface area (Å²) in [6, 6.07) is 9.34. The molecule has 0 fully saturated rings. The van der Waals surface area contributed by atoms with Crippen molar-refractivity contribution in [1.82, 2.24) is 14.6 Å². The Morgan fingerprint density at radius 1 is 1.15 bits per heavy atom. The monoisotopic (exact) mass is 383 g/mol. The molecule has 4 rings (SSSR count). The van der Waals surface area contributed by atoms with Gasteiger partial charge in [-0.25, -0.2) is 9.78 Å². The van der Waals surface area contributed by atoms with E-state index in [1.807, 2.05) is 17.8 Å². The molecule has 1 aromatic carbocycles. The van der Waals surface area contributed by atoms with Crippen LogP contribution in [-0.4, -0.2) is 32.4 Å². The number of furan rings is 1. The quantitative estimate of drug-likeness (QED) is 0.494. The van der Waals surface area contributed by atoms with Gasteiger partial charge in [0, 0.05) is 19.4 Å². The molecule has 0 radical (unpaired) electrons. The lowest BCUT2D eigenvalue weighted by atomic mass is 10.1. The number of carbonyl (C=O) groups is 3. The Labute approximate surface area is 157 Å². The van der Waals surface area contributed by atoms with Crippen LogP contribution < -0.4 is 0 Å². The van der Waals surface area contributed by atoms with Gasteiger partial charge in [-0.3, -0.25) is 9.59 Å². The number of aromatic nitrogens is 2. The highest BCUT2D eigenvalue weighted by atomic mass is 32.2. The number of rotatable bonds is 5. The molecule has 0 saturated carbocycles. The van der Waals surface area contributed by atoms with E-state index < -0.39 is 17.8 Å². The van der Waals surface area contributed by atoms with Gasteiger partial charge in [0.2, 0.25) is 5.76 Å². The van der Waals surface area contributed by atoms with Crippen molar-refractivity contribution >= 4 is 29.5 Å². The molecule has 0 spiro atoms. The minimum Gasteiger partial charge on any atom is -0.453 e. The average molecular weight is 383 g/mol. The summed E-state index contributed by atoms with van der Waals surface area (Å²) in [5.41, 5.74) is 0.392. The number of benzene rings is 1. The summed E-state index contributed by atoms with van der Waals surface area (Å²) in [5, 5.41) is 1.26. The molecular formula is C18H13N3O5S. The van der Waals surface area contributed by atoms with Gasteiger partial charge in [-0.2, -0.15) is 0 Å². The Kier molecular flexibility index (Phi) is 4.28. The lowest BCUT2D eigenvalue weighted by Crippen LogP contribution is -2.32. The number of carbonyl (C=O) groups excluding carboxylic acids is 3. The molecule has 9 heteroatoms. The Morgan fingerprint density at radius 3 is 2.48 bits per heavy atom. The molecular weight excluding hydrogens is 370 g/mol. The fraction of sp³-hybridized carbons (Fsp3) is 0.111. The van der Waals surface area contributed by atoms with Crippen LogP contribution in [0.1, 0.15) is 37.0 Å². The van der Waals surface area contributed by atoms with Crippen LogP contribution in [0.3, 0.4) is 0 Å². The van der Waals surface area contributed by atoms with E-state index in [1.54, 1.807) is 24.4 Å². The summed E-state index contributed by atoms with van der Waals surface area (Å²) in [5.74, 6) is -1.37. The summed E-state index contributed by atoms with van der Waals surface area (Å²) < 4.78 is 7.33. The Bertz CT molecular complexity index is 1020. The van der Waals surface area contributed by atoms with Crippen LogP contribution in [0.25, 0.3) is 0 Å². The van der Waals surface area contributed by atoms with Crippen molar-refractivity contribution in [3.63, 3.8) is 0 Å². The van der Waals surface area contributed by atoms with Crippen molar-refractivity contribution in [1.29, 1.82) is 0 Å². The molecule has 2 aromatic heterocycles. The molecule has 3 heterocycles. The first kappa shape index (κ1) is 17.1. The van der Waals surface area contributed by atoms with Gasteiger partial charge in [0.15, 0.2) is 5.16 Å². The van der Waals surface area contributed by atoms with E-state index in [-0.39, 0.29) is 16.9 Å². The lowest BCUT2D eigenvalue weighted by molar-refractivity contribution is -0.0603. The third kappa shape index (κ3) is 3.13. The zero-order chi connectivity index (χ0) is 19.0. The number of nitrogens with zero attached hydrogens (tertiary/aromatic N) is 3. The number of fused-ring (bicyclic) bond motifs is 1. The topological polar surface area (TPSA) is 94.6 Å². The summed E-state index contributed by atoms with van der Waals surface area (Å²) in [7, 11) is 1.88. The SMILES string of the molecule is Cn1ccnc1SCc1ccc(C(=O)ON2C(=O)c3ccccc3C2=O)o1. The van der Waals surface area contributed by atoms with E-state index in [0.717, 1.165) is 5.16 Å². The van der Waals surface area contributed by atoms with Gasteiger partial charge in [-0.15, -0.1) is 0 Å². The van der Waals surface area contributed by atoms with Crippen LogP contribution in [0, 0.1) is 0 Å². The van der Waals surface area contributed by atoms with Gasteiger partial charge < -0.3 is 13.8 Å². The second-order valence-corrected chi connectivity index (χ2v) is 6.65. The molecule has 136 valence electrons. The van der Waals surface area contributed by atoms with Crippen LogP contribution in [0.2, 0.25) is 0 Å². The van der Waals surface area contributed by atoms with E-state index in [1.165, 1.54) is 30.0 Å². The van der Waals surface area contributed by atoms with Gasteiger partial charge in [-0.05, 0) is 24.3 Å². The number of hydrogen-bond donors (Lipinski definition) is 0. The van der Waals surface area contributed by atoms with Crippen molar-refractivity contribution in [2.75, 3.05) is 0 Å².